The fourth-order valence-corrected chi connectivity index (χ4v) is 3.40. The Morgan fingerprint density at radius 1 is 1.43 bits per heavy atom. The van der Waals surface area contributed by atoms with Crippen molar-refractivity contribution in [2.45, 2.75) is 19.8 Å². The lowest BCUT2D eigenvalue weighted by molar-refractivity contribution is -0.139. The molecule has 28 heavy (non-hydrogen) atoms. The molecule has 8 heteroatoms. The van der Waals surface area contributed by atoms with E-state index in [9.17, 15) is 10.1 Å². The summed E-state index contributed by atoms with van der Waals surface area (Å²) in [7, 11) is 1.56. The molecule has 0 radical (unpaired) electrons. The van der Waals surface area contributed by atoms with Crippen LogP contribution in [0.1, 0.15) is 25.3 Å². The number of benzene rings is 1. The number of allylic oxidation sites excluding steroid dienone is 2. The summed E-state index contributed by atoms with van der Waals surface area (Å²) in [6.07, 6.45) is 0. The number of ether oxygens (including phenoxy) is 3. The number of hydrogen-bond acceptors (Lipinski definition) is 7. The summed E-state index contributed by atoms with van der Waals surface area (Å²) in [6, 6.07) is 9.13. The Labute approximate surface area is 166 Å². The van der Waals surface area contributed by atoms with Crippen molar-refractivity contribution in [3.8, 4) is 11.8 Å². The summed E-state index contributed by atoms with van der Waals surface area (Å²) >= 11 is 6.44. The number of fused-ring (bicyclic) bond motifs is 1. The van der Waals surface area contributed by atoms with E-state index >= 15 is 0 Å². The first kappa shape index (κ1) is 19.5. The van der Waals surface area contributed by atoms with Crippen LogP contribution in [0.2, 0.25) is 5.15 Å². The first-order valence-electron chi connectivity index (χ1n) is 8.50. The predicted octanol–water partition coefficient (Wildman–Crippen LogP) is 3.54. The number of aromatic nitrogens is 1. The van der Waals surface area contributed by atoms with Gasteiger partial charge < -0.3 is 19.9 Å². The minimum atomic E-state index is -0.853. The minimum Gasteiger partial charge on any atom is -0.497 e. The third-order valence-electron chi connectivity index (χ3n) is 4.41. The SMILES string of the molecule is CCOC(=O)C1=C(C)OC(N)=C(C#N)C1c1cc2cc(OC)ccc2nc1Cl. The summed E-state index contributed by atoms with van der Waals surface area (Å²) in [6.45, 7) is 3.45. The second kappa shape index (κ2) is 7.79. The maximum absolute atomic E-state index is 12.6. The van der Waals surface area contributed by atoms with Crippen LogP contribution in [0.15, 0.2) is 47.1 Å². The topological polar surface area (TPSA) is 107 Å². The van der Waals surface area contributed by atoms with Crippen LogP contribution < -0.4 is 10.5 Å². The van der Waals surface area contributed by atoms with Gasteiger partial charge in [-0.1, -0.05) is 11.6 Å². The molecular weight excluding hydrogens is 382 g/mol. The largest absolute Gasteiger partial charge is 0.497 e. The van der Waals surface area contributed by atoms with Gasteiger partial charge in [-0.15, -0.1) is 0 Å². The third kappa shape index (κ3) is 3.35. The van der Waals surface area contributed by atoms with Crippen molar-refractivity contribution in [2.75, 3.05) is 13.7 Å². The van der Waals surface area contributed by atoms with E-state index in [0.717, 1.165) is 5.39 Å². The van der Waals surface area contributed by atoms with E-state index in [0.29, 0.717) is 16.8 Å². The normalized spacial score (nSPS) is 16.6. The highest BCUT2D eigenvalue weighted by Crippen LogP contribution is 2.42. The van der Waals surface area contributed by atoms with Gasteiger partial charge >= 0.3 is 5.97 Å². The van der Waals surface area contributed by atoms with Crippen LogP contribution in [0, 0.1) is 11.3 Å². The number of nitriles is 1. The van der Waals surface area contributed by atoms with Crippen LogP contribution in [0.3, 0.4) is 0 Å². The maximum atomic E-state index is 12.6. The number of nitrogens with two attached hydrogens (primary N) is 1. The van der Waals surface area contributed by atoms with E-state index in [2.05, 4.69) is 4.98 Å². The lowest BCUT2D eigenvalue weighted by Crippen LogP contribution is -2.25. The highest BCUT2D eigenvalue weighted by Gasteiger charge is 2.37. The zero-order valence-corrected chi connectivity index (χ0v) is 16.3. The molecule has 1 unspecified atom stereocenters. The van der Waals surface area contributed by atoms with Gasteiger partial charge in [-0.3, -0.25) is 0 Å². The molecule has 7 nitrogen and oxygen atoms in total. The lowest BCUT2D eigenvalue weighted by Gasteiger charge is -2.27. The molecule has 0 aliphatic carbocycles. The zero-order chi connectivity index (χ0) is 20.4. The molecule has 0 bridgehead atoms. The van der Waals surface area contributed by atoms with Gasteiger partial charge in [-0.2, -0.15) is 5.26 Å². The van der Waals surface area contributed by atoms with Crippen LogP contribution in [0.25, 0.3) is 10.9 Å². The molecule has 1 aliphatic rings. The summed E-state index contributed by atoms with van der Waals surface area (Å²) in [5.41, 5.74) is 7.25. The van der Waals surface area contributed by atoms with Gasteiger partial charge in [-0.05, 0) is 38.1 Å². The second-order valence-electron chi connectivity index (χ2n) is 6.04. The Bertz CT molecular complexity index is 1070. The molecule has 0 amide bonds. The fourth-order valence-electron chi connectivity index (χ4n) is 3.14. The monoisotopic (exact) mass is 399 g/mol. The summed E-state index contributed by atoms with van der Waals surface area (Å²) in [5, 5.41) is 10.6. The number of nitrogens with zero attached hydrogens (tertiary/aromatic N) is 2. The van der Waals surface area contributed by atoms with Gasteiger partial charge in [0, 0.05) is 10.9 Å². The number of carbonyl (C=O) groups excluding carboxylic acids is 1. The van der Waals surface area contributed by atoms with Crippen molar-refractivity contribution in [1.82, 2.24) is 4.98 Å². The van der Waals surface area contributed by atoms with Crippen LogP contribution in [-0.2, 0) is 14.3 Å². The number of rotatable bonds is 4. The first-order valence-corrected chi connectivity index (χ1v) is 8.88. The Morgan fingerprint density at radius 2 is 2.18 bits per heavy atom. The molecule has 2 aromatic rings. The van der Waals surface area contributed by atoms with E-state index in [1.54, 1.807) is 45.2 Å². The Morgan fingerprint density at radius 3 is 2.82 bits per heavy atom. The minimum absolute atomic E-state index is 0.0691. The van der Waals surface area contributed by atoms with Crippen molar-refractivity contribution in [3.05, 3.63) is 57.8 Å². The number of esters is 1. The number of pyridine rings is 1. The molecule has 1 aromatic heterocycles. The number of hydrogen-bond donors (Lipinski definition) is 1. The van der Waals surface area contributed by atoms with Crippen molar-refractivity contribution < 1.29 is 19.0 Å². The Balaban J connectivity index is 2.26. The first-order chi connectivity index (χ1) is 13.4. The number of carbonyl (C=O) groups is 1. The highest BCUT2D eigenvalue weighted by atomic mass is 35.5. The van der Waals surface area contributed by atoms with Crippen molar-refractivity contribution in [3.63, 3.8) is 0 Å². The predicted molar refractivity (Wildman–Crippen MR) is 103 cm³/mol. The standard InChI is InChI=1S/C20H18ClN3O4/c1-4-27-20(25)16-10(2)28-19(23)14(9-22)17(16)13-8-11-7-12(26-3)5-6-15(11)24-18(13)21/h5-8,17H,4,23H2,1-3H3. The molecule has 144 valence electrons. The molecule has 1 aromatic carbocycles. The molecule has 2 N–H and O–H groups in total. The van der Waals surface area contributed by atoms with E-state index in [1.807, 2.05) is 6.07 Å². The van der Waals surface area contributed by atoms with Crippen LogP contribution in [-0.4, -0.2) is 24.7 Å². The summed E-state index contributed by atoms with van der Waals surface area (Å²) < 4.78 is 15.8. The molecule has 0 saturated heterocycles. The van der Waals surface area contributed by atoms with E-state index < -0.39 is 11.9 Å². The Hall–Kier alpha value is -3.24. The molecule has 0 spiro atoms. The van der Waals surface area contributed by atoms with E-state index in [4.69, 9.17) is 31.5 Å². The van der Waals surface area contributed by atoms with Crippen LogP contribution in [0.5, 0.6) is 5.75 Å². The van der Waals surface area contributed by atoms with Crippen molar-refractivity contribution >= 4 is 28.5 Å². The quantitative estimate of drug-likeness (QED) is 0.618. The third-order valence-corrected chi connectivity index (χ3v) is 4.72. The number of halogens is 1. The molecule has 3 rings (SSSR count). The van der Waals surface area contributed by atoms with Gasteiger partial charge in [0.25, 0.3) is 0 Å². The van der Waals surface area contributed by atoms with E-state index in [1.165, 1.54) is 0 Å². The van der Waals surface area contributed by atoms with Gasteiger partial charge in [0.15, 0.2) is 0 Å². The van der Waals surface area contributed by atoms with E-state index in [-0.39, 0.29) is 34.5 Å². The van der Waals surface area contributed by atoms with Crippen LogP contribution in [0.4, 0.5) is 0 Å². The smallest absolute Gasteiger partial charge is 0.338 e. The molecule has 1 atom stereocenters. The van der Waals surface area contributed by atoms with Crippen molar-refractivity contribution in [1.29, 1.82) is 5.26 Å². The second-order valence-corrected chi connectivity index (χ2v) is 6.40. The molecule has 0 saturated carbocycles. The average Bonchev–Trinajstić information content (AvgIpc) is 2.66. The van der Waals surface area contributed by atoms with Crippen LogP contribution >= 0.6 is 11.6 Å². The fraction of sp³-hybridized carbons (Fsp3) is 0.250. The summed E-state index contributed by atoms with van der Waals surface area (Å²) in [5.74, 6) is -0.649. The molecule has 1 aliphatic heterocycles. The zero-order valence-electron chi connectivity index (χ0n) is 15.6. The van der Waals surface area contributed by atoms with Crippen molar-refractivity contribution in [2.24, 2.45) is 5.73 Å². The lowest BCUT2D eigenvalue weighted by atomic mass is 9.83. The van der Waals surface area contributed by atoms with Gasteiger partial charge in [0.2, 0.25) is 5.88 Å². The van der Waals surface area contributed by atoms with Gasteiger partial charge in [0.1, 0.15) is 28.3 Å². The number of methoxy groups -OCH3 is 1. The molecule has 2 heterocycles. The highest BCUT2D eigenvalue weighted by molar-refractivity contribution is 6.30. The van der Waals surface area contributed by atoms with Gasteiger partial charge in [0.05, 0.1) is 30.7 Å². The average molecular weight is 400 g/mol. The molecular formula is C20H18ClN3O4. The summed E-state index contributed by atoms with van der Waals surface area (Å²) in [4.78, 5) is 17.0. The maximum Gasteiger partial charge on any atom is 0.338 e. The Kier molecular flexibility index (Phi) is 5.43. The molecule has 0 fully saturated rings. The van der Waals surface area contributed by atoms with Gasteiger partial charge in [-0.25, -0.2) is 9.78 Å².